The van der Waals surface area contributed by atoms with Crippen molar-refractivity contribution >= 4 is 53.7 Å². The second-order valence-electron chi connectivity index (χ2n) is 13.4. The average Bonchev–Trinajstić information content (AvgIpc) is 3.46. The molecule has 1 aliphatic heterocycles. The molecule has 13 heteroatoms. The van der Waals surface area contributed by atoms with Crippen LogP contribution in [0.4, 0.5) is 15.0 Å². The van der Waals surface area contributed by atoms with Crippen molar-refractivity contribution in [2.24, 2.45) is 7.05 Å². The number of rotatable bonds is 8. The van der Waals surface area contributed by atoms with E-state index in [1.807, 2.05) is 41.0 Å². The van der Waals surface area contributed by atoms with Gasteiger partial charge in [-0.3, -0.25) is 4.68 Å². The largest absolute Gasteiger partial charge is 0.444 e. The average molecular weight is 630 g/mol. The molecular formula is C30H41ClFN7O3Si. The predicted octanol–water partition coefficient (Wildman–Crippen LogP) is 6.39. The number of amides is 1. The molecule has 1 saturated heterocycles. The van der Waals surface area contributed by atoms with Gasteiger partial charge in [-0.1, -0.05) is 37.3 Å². The number of aromatic nitrogens is 5. The number of carbonyl (C=O) groups excluding carboxylic acids is 1. The van der Waals surface area contributed by atoms with Gasteiger partial charge in [-0.2, -0.15) is 5.10 Å². The van der Waals surface area contributed by atoms with Gasteiger partial charge in [0.15, 0.2) is 5.65 Å². The molecule has 1 aliphatic rings. The third kappa shape index (κ3) is 7.30. The SMILES string of the molecule is Cn1cc2c(Cl)c(-c3cn(COCC[Si](C)(C)C)c4nc(N5CC[C@@H](NC(=O)OC(C)(C)C)[C@@H](F)C5)cnc34)ccc2n1. The van der Waals surface area contributed by atoms with E-state index in [1.54, 1.807) is 31.6 Å². The standard InChI is InChI=1S/C30H41ClFN7O3Si/c1-30(2,3)42-29(40)34-24-10-11-38(17-22(24)32)25-14-33-27-20(19-8-9-23-21(26(19)31)15-37(4)36-23)16-39(28(27)35-25)18-41-12-13-43(5,6)7/h8-9,14-16,22,24H,10-13,17-18H2,1-7H3,(H,34,40)/t22-,24+/m0/s1. The highest BCUT2D eigenvalue weighted by Crippen LogP contribution is 2.38. The van der Waals surface area contributed by atoms with Gasteiger partial charge in [0.2, 0.25) is 0 Å². The highest BCUT2D eigenvalue weighted by Gasteiger charge is 2.33. The number of nitrogens with zero attached hydrogens (tertiary/aromatic N) is 6. The topological polar surface area (TPSA) is 99.3 Å². The van der Waals surface area contributed by atoms with Gasteiger partial charge in [0.1, 0.15) is 29.8 Å². The van der Waals surface area contributed by atoms with Crippen molar-refractivity contribution in [1.29, 1.82) is 0 Å². The van der Waals surface area contributed by atoms with E-state index in [1.165, 1.54) is 0 Å². The lowest BCUT2D eigenvalue weighted by Gasteiger charge is -2.35. The van der Waals surface area contributed by atoms with Gasteiger partial charge in [-0.25, -0.2) is 19.2 Å². The molecule has 1 aromatic carbocycles. The molecule has 0 unspecified atom stereocenters. The maximum absolute atomic E-state index is 15.3. The number of halogens is 2. The summed E-state index contributed by atoms with van der Waals surface area (Å²) in [4.78, 5) is 23.9. The van der Waals surface area contributed by atoms with Crippen molar-refractivity contribution in [2.45, 2.75) is 77.4 Å². The summed E-state index contributed by atoms with van der Waals surface area (Å²) >= 11 is 6.90. The fraction of sp³-hybridized carbons (Fsp3) is 0.533. The number of alkyl carbamates (subject to hydrolysis) is 1. The number of nitrogens with one attached hydrogen (secondary N) is 1. The summed E-state index contributed by atoms with van der Waals surface area (Å²) < 4.78 is 30.4. The summed E-state index contributed by atoms with van der Waals surface area (Å²) in [6.45, 7) is 13.8. The van der Waals surface area contributed by atoms with Crippen LogP contribution in [-0.2, 0) is 23.3 Å². The maximum Gasteiger partial charge on any atom is 0.407 e. The zero-order chi connectivity index (χ0) is 31.1. The number of piperidine rings is 1. The van der Waals surface area contributed by atoms with Crippen LogP contribution in [0.3, 0.4) is 0 Å². The fourth-order valence-electron chi connectivity index (χ4n) is 5.15. The fourth-order valence-corrected chi connectivity index (χ4v) is 6.22. The summed E-state index contributed by atoms with van der Waals surface area (Å²) in [5.41, 5.74) is 3.14. The molecule has 10 nitrogen and oxygen atoms in total. The number of aryl methyl sites for hydroxylation is 1. The van der Waals surface area contributed by atoms with Crippen LogP contribution in [0.15, 0.2) is 30.7 Å². The van der Waals surface area contributed by atoms with Gasteiger partial charge in [0, 0.05) is 57.2 Å². The molecule has 5 rings (SSSR count). The molecule has 0 radical (unpaired) electrons. The minimum atomic E-state index is -1.30. The lowest BCUT2D eigenvalue weighted by molar-refractivity contribution is 0.0463. The van der Waals surface area contributed by atoms with Crippen molar-refractivity contribution in [3.63, 3.8) is 0 Å². The van der Waals surface area contributed by atoms with Crippen molar-refractivity contribution in [2.75, 3.05) is 24.6 Å². The monoisotopic (exact) mass is 629 g/mol. The summed E-state index contributed by atoms with van der Waals surface area (Å²) in [6, 6.07) is 4.31. The van der Waals surface area contributed by atoms with Crippen LogP contribution >= 0.6 is 11.6 Å². The summed E-state index contributed by atoms with van der Waals surface area (Å²) in [7, 11) is 0.608. The highest BCUT2D eigenvalue weighted by molar-refractivity contribution is 6.76. The molecule has 0 spiro atoms. The Kier molecular flexibility index (Phi) is 8.74. The van der Waals surface area contributed by atoms with Gasteiger partial charge >= 0.3 is 6.09 Å². The molecule has 0 saturated carbocycles. The number of anilines is 1. The Morgan fingerprint density at radius 3 is 2.67 bits per heavy atom. The van der Waals surface area contributed by atoms with Crippen molar-refractivity contribution in [1.82, 2.24) is 29.6 Å². The van der Waals surface area contributed by atoms with Gasteiger partial charge in [0.05, 0.1) is 29.3 Å². The number of carbonyl (C=O) groups is 1. The first-order valence-electron chi connectivity index (χ1n) is 14.6. The first kappa shape index (κ1) is 31.2. The van der Waals surface area contributed by atoms with Gasteiger partial charge in [-0.15, -0.1) is 0 Å². The molecule has 1 fully saturated rings. The van der Waals surface area contributed by atoms with E-state index in [-0.39, 0.29) is 6.54 Å². The van der Waals surface area contributed by atoms with Crippen LogP contribution in [0.2, 0.25) is 30.7 Å². The third-order valence-electron chi connectivity index (χ3n) is 7.38. The molecule has 1 N–H and O–H groups in total. The molecule has 232 valence electrons. The van der Waals surface area contributed by atoms with Crippen molar-refractivity contribution in [3.8, 4) is 11.1 Å². The summed E-state index contributed by atoms with van der Waals surface area (Å²) in [6.07, 6.45) is 4.05. The number of fused-ring (bicyclic) bond motifs is 2. The van der Waals surface area contributed by atoms with E-state index in [0.717, 1.165) is 28.1 Å². The maximum atomic E-state index is 15.3. The molecule has 4 aromatic rings. The zero-order valence-corrected chi connectivity index (χ0v) is 27.7. The summed E-state index contributed by atoms with van der Waals surface area (Å²) in [5, 5.41) is 8.60. The Hall–Kier alpha value is -3.22. The molecule has 1 amide bonds. The van der Waals surface area contributed by atoms with Crippen LogP contribution in [0, 0.1) is 0 Å². The minimum Gasteiger partial charge on any atom is -0.444 e. The van der Waals surface area contributed by atoms with E-state index in [0.29, 0.717) is 48.3 Å². The first-order chi connectivity index (χ1) is 20.2. The normalized spacial score (nSPS) is 18.0. The first-order valence-corrected chi connectivity index (χ1v) is 18.7. The van der Waals surface area contributed by atoms with Crippen molar-refractivity contribution in [3.05, 3.63) is 35.7 Å². The number of alkyl halides is 1. The molecule has 0 bridgehead atoms. The Morgan fingerprint density at radius 1 is 1.21 bits per heavy atom. The van der Waals surface area contributed by atoms with Crippen LogP contribution in [-0.4, -0.2) is 76.0 Å². The van der Waals surface area contributed by atoms with E-state index in [9.17, 15) is 4.79 Å². The lowest BCUT2D eigenvalue weighted by atomic mass is 10.0. The zero-order valence-electron chi connectivity index (χ0n) is 25.9. The van der Waals surface area contributed by atoms with E-state index < -0.39 is 32.0 Å². The number of benzene rings is 1. The Morgan fingerprint density at radius 2 is 1.98 bits per heavy atom. The quantitative estimate of drug-likeness (QED) is 0.178. The Labute approximate surface area is 257 Å². The van der Waals surface area contributed by atoms with Crippen molar-refractivity contribution < 1.29 is 18.7 Å². The molecule has 43 heavy (non-hydrogen) atoms. The molecular weight excluding hydrogens is 589 g/mol. The molecule has 2 atom stereocenters. The number of hydrogen-bond acceptors (Lipinski definition) is 7. The van der Waals surface area contributed by atoms with Crippen LogP contribution in [0.5, 0.6) is 0 Å². The smallest absolute Gasteiger partial charge is 0.407 e. The van der Waals surface area contributed by atoms with E-state index in [2.05, 4.69) is 30.1 Å². The van der Waals surface area contributed by atoms with E-state index in [4.69, 9.17) is 31.0 Å². The third-order valence-corrected chi connectivity index (χ3v) is 9.49. The lowest BCUT2D eigenvalue weighted by Crippen LogP contribution is -2.53. The Balaban J connectivity index is 1.42. The second-order valence-corrected chi connectivity index (χ2v) is 19.4. The van der Waals surface area contributed by atoms with Crippen LogP contribution in [0.25, 0.3) is 33.2 Å². The number of ether oxygens (including phenoxy) is 2. The molecule has 0 aliphatic carbocycles. The predicted molar refractivity (Wildman–Crippen MR) is 171 cm³/mol. The van der Waals surface area contributed by atoms with Crippen LogP contribution < -0.4 is 10.2 Å². The summed E-state index contributed by atoms with van der Waals surface area (Å²) in [5.74, 6) is 0.563. The van der Waals surface area contributed by atoms with Crippen LogP contribution in [0.1, 0.15) is 27.2 Å². The molecule has 4 heterocycles. The second kappa shape index (κ2) is 12.0. The van der Waals surface area contributed by atoms with E-state index >= 15 is 4.39 Å². The highest BCUT2D eigenvalue weighted by atomic mass is 35.5. The molecule has 3 aromatic heterocycles. The number of hydrogen-bond donors (Lipinski definition) is 1. The minimum absolute atomic E-state index is 0.0738. The van der Waals surface area contributed by atoms with Gasteiger partial charge in [0.25, 0.3) is 0 Å². The Bertz CT molecular complexity index is 1630. The van der Waals surface area contributed by atoms with Gasteiger partial charge in [-0.05, 0) is 39.3 Å². The van der Waals surface area contributed by atoms with Gasteiger partial charge < -0.3 is 24.3 Å².